The summed E-state index contributed by atoms with van der Waals surface area (Å²) in [4.78, 5) is 48.0. The zero-order chi connectivity index (χ0) is 39.0. The number of hydrogen-bond donors (Lipinski definition) is 6. The van der Waals surface area contributed by atoms with Gasteiger partial charge in [-0.05, 0) is 91.8 Å². The van der Waals surface area contributed by atoms with Crippen LogP contribution < -0.4 is 11.5 Å². The van der Waals surface area contributed by atoms with Crippen molar-refractivity contribution in [2.75, 3.05) is 11.5 Å². The Bertz CT molecular complexity index is 1840. The second-order valence-corrected chi connectivity index (χ2v) is 13.4. The predicted octanol–water partition coefficient (Wildman–Crippen LogP) is 11.2. The minimum absolute atomic E-state index is 0. The molecule has 0 fully saturated rings. The van der Waals surface area contributed by atoms with Crippen molar-refractivity contribution in [1.29, 1.82) is 0 Å². The molecule has 0 spiro atoms. The fourth-order valence-corrected chi connectivity index (χ4v) is 4.52. The molecular formula is C30H37Br5FN10O8S2V-. The van der Waals surface area contributed by atoms with E-state index in [1.165, 1.54) is 24.5 Å². The maximum absolute atomic E-state index is 12.5. The number of thiol groups is 2. The normalized spacial score (nSPS) is 8.56. The van der Waals surface area contributed by atoms with Crippen LogP contribution in [0.5, 0.6) is 11.5 Å². The van der Waals surface area contributed by atoms with Crippen molar-refractivity contribution in [3.05, 3.63) is 128 Å². The van der Waals surface area contributed by atoms with Crippen molar-refractivity contribution in [2.24, 2.45) is 0 Å². The second kappa shape index (κ2) is 32.7. The van der Waals surface area contributed by atoms with E-state index in [2.05, 4.69) is 130 Å². The van der Waals surface area contributed by atoms with Crippen LogP contribution in [0.3, 0.4) is 0 Å². The summed E-state index contributed by atoms with van der Waals surface area (Å²) in [6.07, 6.45) is 6.03. The molecule has 0 aliphatic rings. The Morgan fingerprint density at radius 1 is 0.544 bits per heavy atom. The molecule has 0 amide bonds. The molecule has 0 aliphatic heterocycles. The third-order valence-electron chi connectivity index (χ3n) is 4.81. The Morgan fingerprint density at radius 2 is 0.860 bits per heavy atom. The topological polar surface area (TPSA) is 286 Å². The van der Waals surface area contributed by atoms with E-state index in [1.54, 1.807) is 12.3 Å². The van der Waals surface area contributed by atoms with E-state index in [9.17, 15) is 34.7 Å². The Hall–Kier alpha value is -3.24. The molecule has 18 nitrogen and oxygen atoms in total. The van der Waals surface area contributed by atoms with Crippen LogP contribution in [0, 0.1) is 43.6 Å². The fourth-order valence-electron chi connectivity index (χ4n) is 2.54. The van der Waals surface area contributed by atoms with Crippen LogP contribution in [-0.2, 0) is 18.6 Å². The first kappa shape index (κ1) is 65.6. The number of aromatic nitrogens is 5. The molecule has 0 aromatic carbocycles. The quantitative estimate of drug-likeness (QED) is 0.0322. The molecule has 27 heteroatoms. The van der Waals surface area contributed by atoms with Gasteiger partial charge in [-0.1, -0.05) is 29.7 Å². The molecule has 6 N–H and O–H groups in total. The van der Waals surface area contributed by atoms with E-state index >= 15 is 0 Å². The van der Waals surface area contributed by atoms with E-state index in [0.29, 0.717) is 30.1 Å². The van der Waals surface area contributed by atoms with Gasteiger partial charge in [0.1, 0.15) is 27.9 Å². The third-order valence-corrected chi connectivity index (χ3v) is 7.70. The summed E-state index contributed by atoms with van der Waals surface area (Å²) in [6.45, 7) is 0. The third kappa shape index (κ3) is 25.0. The molecule has 5 aromatic rings. The number of halogens is 6. The van der Waals surface area contributed by atoms with Gasteiger partial charge in [-0.15, -0.1) is 25.3 Å². The Balaban J connectivity index is -0.000000139. The van der Waals surface area contributed by atoms with Gasteiger partial charge in [0.25, 0.3) is 5.69 Å². The van der Waals surface area contributed by atoms with Crippen molar-refractivity contribution in [2.45, 2.75) is 39.5 Å². The van der Waals surface area contributed by atoms with Gasteiger partial charge in [0.05, 0.1) is 57.2 Å². The van der Waals surface area contributed by atoms with Gasteiger partial charge in [0.15, 0.2) is 5.75 Å². The number of rotatable bonds is 3. The number of nitrogen functional groups attached to an aromatic ring is 2. The van der Waals surface area contributed by atoms with Gasteiger partial charge in [0.2, 0.25) is 11.6 Å². The average molecular weight is 1200 g/mol. The fraction of sp³-hybridized carbons (Fsp3) is 0.133. The molecule has 5 aromatic heterocycles. The van der Waals surface area contributed by atoms with E-state index in [-0.39, 0.29) is 82.3 Å². The minimum atomic E-state index is -0.932. The first-order valence-corrected chi connectivity index (χ1v) is 17.2. The first-order chi connectivity index (χ1) is 23.7. The molecule has 0 aliphatic carbocycles. The van der Waals surface area contributed by atoms with Gasteiger partial charge in [-0.25, -0.2) is 24.9 Å². The van der Waals surface area contributed by atoms with Gasteiger partial charge >= 0.3 is 11.4 Å². The van der Waals surface area contributed by atoms with Crippen LogP contribution in [0.15, 0.2) is 94.1 Å². The molecule has 0 unspecified atom stereocenters. The van der Waals surface area contributed by atoms with Crippen LogP contribution in [0.25, 0.3) is 0 Å². The number of nitrogens with two attached hydrogens (primary N) is 2. The molecule has 0 saturated heterocycles. The number of aromatic hydroxyl groups is 2. The number of nitro groups is 3. The molecule has 0 saturated carbocycles. The van der Waals surface area contributed by atoms with Gasteiger partial charge in [-0.3, -0.25) is 30.3 Å². The van der Waals surface area contributed by atoms with E-state index in [1.807, 2.05) is 0 Å². The smallest absolute Gasteiger partial charge is 0.315 e. The first-order valence-electron chi connectivity index (χ1n) is 12.4. The van der Waals surface area contributed by atoms with Crippen molar-refractivity contribution in [1.82, 2.24) is 24.9 Å². The zero-order valence-electron chi connectivity index (χ0n) is 26.0. The summed E-state index contributed by atoms with van der Waals surface area (Å²) in [7, 11) is 0. The summed E-state index contributed by atoms with van der Waals surface area (Å²) < 4.78 is 14.8. The number of nitrogens with zero attached hydrogens (tertiary/aromatic N) is 8. The molecule has 5 rings (SSSR count). The van der Waals surface area contributed by atoms with Crippen LogP contribution in [0.4, 0.5) is 32.8 Å². The average Bonchev–Trinajstić information content (AvgIpc) is 3.05. The Kier molecular flexibility index (Phi) is 37.6. The molecule has 5 heterocycles. The second-order valence-electron chi connectivity index (χ2n) is 8.35. The predicted molar refractivity (Wildman–Crippen MR) is 240 cm³/mol. The summed E-state index contributed by atoms with van der Waals surface area (Å²) in [6, 6.07) is 6.70. The summed E-state index contributed by atoms with van der Waals surface area (Å²) in [5.41, 5.74) is 10.8. The number of pyridine rings is 5. The number of hydrogen-bond acceptors (Lipinski definition) is 17. The van der Waals surface area contributed by atoms with Crippen molar-refractivity contribution < 1.29 is 47.9 Å². The van der Waals surface area contributed by atoms with Crippen LogP contribution in [-0.4, -0.2) is 49.9 Å². The van der Waals surface area contributed by atoms with Crippen molar-refractivity contribution in [3.8, 4) is 11.5 Å². The molecule has 315 valence electrons. The van der Waals surface area contributed by atoms with Crippen LogP contribution in [0.1, 0.15) is 29.7 Å². The minimum Gasteiger partial charge on any atom is -0.504 e. The summed E-state index contributed by atoms with van der Waals surface area (Å²) in [5.74, 6) is -1.35. The SMILES string of the molecule is C.C.C.C.Nc1cc(Br)ncc1O.Nc1cc(Br)ncc1S.O=[N+]([O-])c1cc(Br)ncc1F.O=[N+]([O-])c1cc(Br)ncc1O.O=[N+]([O-])c1cc(Br)ncc1S.[CH3-].[V]. The largest absolute Gasteiger partial charge is 0.504 e. The maximum Gasteiger partial charge on any atom is 0.315 e. The molecule has 1 radical (unpaired) electrons. The van der Waals surface area contributed by atoms with Crippen LogP contribution >= 0.6 is 105 Å². The van der Waals surface area contributed by atoms with E-state index in [4.69, 9.17) is 21.7 Å². The summed E-state index contributed by atoms with van der Waals surface area (Å²) >= 11 is 23.0. The van der Waals surface area contributed by atoms with Crippen molar-refractivity contribution in [3.63, 3.8) is 0 Å². The Morgan fingerprint density at radius 3 is 1.18 bits per heavy atom. The summed E-state index contributed by atoms with van der Waals surface area (Å²) in [5, 5.41) is 48.3. The van der Waals surface area contributed by atoms with Crippen LogP contribution in [0.2, 0.25) is 0 Å². The standard InChI is InChI=1S/C5H2BrFN2O2.C5H3BrN2O3.C5H3BrN2O2S.C5H5BrN2O.C5H5BrN2S.4CH4.CH3.V/c6-5-1-4(9(10)11)3(7)2-8-5;6-5-1-3(8(10)11)4(9)2-7-5;6-5-1-3(8(9)10)4(11)2-7-5;2*6-5-1-3(7)4(9)2-8-5;;;;;;/h1-2H;1-2,9H;1-2,11H;2*1-2,9H,(H2,7,8);4*1H4;1H3;/q;;;;;;;;;-1;. The number of anilines is 2. The molecular weight excluding hydrogens is 1160 g/mol. The monoisotopic (exact) mass is 1190 g/mol. The van der Waals surface area contributed by atoms with Gasteiger partial charge in [-0.2, -0.15) is 4.39 Å². The maximum atomic E-state index is 12.5. The molecule has 0 bridgehead atoms. The molecule has 0 atom stereocenters. The zero-order valence-corrected chi connectivity index (χ0v) is 37.1. The van der Waals surface area contributed by atoms with Crippen molar-refractivity contribution >= 4 is 133 Å². The molecule has 57 heavy (non-hydrogen) atoms. The van der Waals surface area contributed by atoms with E-state index < -0.39 is 32.0 Å². The Labute approximate surface area is 393 Å². The van der Waals surface area contributed by atoms with Gasteiger partial charge in [0, 0.05) is 41.5 Å². The van der Waals surface area contributed by atoms with Gasteiger partial charge < -0.3 is 29.1 Å². The van der Waals surface area contributed by atoms with E-state index in [0.717, 1.165) is 29.1 Å².